The second kappa shape index (κ2) is 3.80. The van der Waals surface area contributed by atoms with Crippen LogP contribution < -0.4 is 11.2 Å². The average Bonchev–Trinajstić information content (AvgIpc) is 2.16. The van der Waals surface area contributed by atoms with E-state index in [4.69, 9.17) is 13.6 Å². The Labute approximate surface area is 83.9 Å². The molecule has 0 saturated carbocycles. The Balaban J connectivity index is 3.09. The molecule has 5 heteroatoms. The van der Waals surface area contributed by atoms with Crippen molar-refractivity contribution in [1.82, 2.24) is 4.98 Å². The molecule has 0 amide bonds. The number of nitrogens with zero attached hydrogens (tertiary/aromatic N) is 1. The van der Waals surface area contributed by atoms with Crippen molar-refractivity contribution in [1.29, 1.82) is 0 Å². The summed E-state index contributed by atoms with van der Waals surface area (Å²) in [5, 5.41) is 0. The molecule has 0 bridgehead atoms. The minimum atomic E-state index is -1.26. The Morgan fingerprint density at radius 3 is 2.86 bits per heavy atom. The number of hydrogen-bond acceptors (Lipinski definition) is 4. The van der Waals surface area contributed by atoms with Crippen molar-refractivity contribution in [2.24, 2.45) is 5.73 Å². The van der Waals surface area contributed by atoms with Gasteiger partial charge in [-0.3, -0.25) is 4.98 Å². The number of carbonyl (C=O) groups excluding carboxylic acids is 1. The van der Waals surface area contributed by atoms with Gasteiger partial charge >= 0.3 is 5.97 Å². The molecule has 1 heterocycles. The minimum Gasteiger partial charge on any atom is -0.467 e. The van der Waals surface area contributed by atoms with E-state index in [2.05, 4.69) is 9.72 Å². The standard InChI is InChI=1S/C9H11BN2O2/c1-9(11,8(13)14-2)7-5-6(10)3-4-12-7/h3-5H,11H2,1-2H3. The monoisotopic (exact) mass is 190 g/mol. The molecule has 0 aliphatic heterocycles. The summed E-state index contributed by atoms with van der Waals surface area (Å²) in [6, 6.07) is 3.17. The third-order valence-electron chi connectivity index (χ3n) is 1.93. The summed E-state index contributed by atoms with van der Waals surface area (Å²) in [5.41, 5.74) is 5.41. The molecule has 0 aliphatic carbocycles. The van der Waals surface area contributed by atoms with Crippen LogP contribution in [-0.4, -0.2) is 25.9 Å². The van der Waals surface area contributed by atoms with Crippen LogP contribution >= 0.6 is 0 Å². The van der Waals surface area contributed by atoms with Crippen LogP contribution in [0.4, 0.5) is 0 Å². The summed E-state index contributed by atoms with van der Waals surface area (Å²) in [6.45, 7) is 1.53. The molecule has 72 valence electrons. The Kier molecular flexibility index (Phi) is 2.91. The van der Waals surface area contributed by atoms with Crippen LogP contribution in [0.5, 0.6) is 0 Å². The van der Waals surface area contributed by atoms with Crippen LogP contribution in [0.1, 0.15) is 12.6 Å². The fourth-order valence-corrected chi connectivity index (χ4v) is 1.05. The van der Waals surface area contributed by atoms with E-state index < -0.39 is 11.5 Å². The molecule has 4 nitrogen and oxygen atoms in total. The van der Waals surface area contributed by atoms with Crippen molar-refractivity contribution >= 4 is 19.3 Å². The number of ether oxygens (including phenoxy) is 1. The first-order valence-corrected chi connectivity index (χ1v) is 4.08. The number of aromatic nitrogens is 1. The molecule has 1 atom stereocenters. The summed E-state index contributed by atoms with van der Waals surface area (Å²) in [5.74, 6) is -0.546. The van der Waals surface area contributed by atoms with Gasteiger partial charge in [0.15, 0.2) is 5.54 Å². The highest BCUT2D eigenvalue weighted by Gasteiger charge is 2.32. The van der Waals surface area contributed by atoms with Gasteiger partial charge in [0.1, 0.15) is 7.85 Å². The van der Waals surface area contributed by atoms with E-state index in [1.54, 1.807) is 12.1 Å². The van der Waals surface area contributed by atoms with E-state index in [1.807, 2.05) is 0 Å². The minimum absolute atomic E-state index is 0.393. The first kappa shape index (κ1) is 10.7. The molecule has 2 N–H and O–H groups in total. The average molecular weight is 190 g/mol. The maximum Gasteiger partial charge on any atom is 0.331 e. The van der Waals surface area contributed by atoms with Crippen LogP contribution in [0.3, 0.4) is 0 Å². The lowest BCUT2D eigenvalue weighted by molar-refractivity contribution is -0.146. The largest absolute Gasteiger partial charge is 0.467 e. The van der Waals surface area contributed by atoms with E-state index in [1.165, 1.54) is 20.2 Å². The fraction of sp³-hybridized carbons (Fsp3) is 0.333. The molecule has 14 heavy (non-hydrogen) atoms. The van der Waals surface area contributed by atoms with Crippen molar-refractivity contribution in [2.45, 2.75) is 12.5 Å². The van der Waals surface area contributed by atoms with E-state index >= 15 is 0 Å². The normalized spacial score (nSPS) is 14.5. The van der Waals surface area contributed by atoms with E-state index in [9.17, 15) is 4.79 Å². The van der Waals surface area contributed by atoms with Crippen LogP contribution in [0.15, 0.2) is 18.3 Å². The molecule has 0 spiro atoms. The van der Waals surface area contributed by atoms with Crippen molar-refractivity contribution in [3.05, 3.63) is 24.0 Å². The first-order chi connectivity index (χ1) is 6.48. The van der Waals surface area contributed by atoms with Gasteiger partial charge < -0.3 is 10.5 Å². The summed E-state index contributed by atoms with van der Waals surface area (Å²) in [7, 11) is 6.83. The number of pyridine rings is 1. The van der Waals surface area contributed by atoms with Crippen LogP contribution in [0.2, 0.25) is 0 Å². The second-order valence-electron chi connectivity index (χ2n) is 3.17. The molecule has 1 rings (SSSR count). The summed E-state index contributed by atoms with van der Waals surface area (Å²) >= 11 is 0. The second-order valence-corrected chi connectivity index (χ2v) is 3.17. The molecule has 0 aliphatic rings. The summed E-state index contributed by atoms with van der Waals surface area (Å²) in [6.07, 6.45) is 1.50. The van der Waals surface area contributed by atoms with Crippen molar-refractivity contribution < 1.29 is 9.53 Å². The maximum absolute atomic E-state index is 11.3. The molecule has 0 saturated heterocycles. The number of rotatable bonds is 2. The quantitative estimate of drug-likeness (QED) is 0.490. The predicted octanol–water partition coefficient (Wildman–Crippen LogP) is -0.778. The number of esters is 1. The smallest absolute Gasteiger partial charge is 0.331 e. The first-order valence-electron chi connectivity index (χ1n) is 4.08. The molecule has 1 unspecified atom stereocenters. The highest BCUT2D eigenvalue weighted by molar-refractivity contribution is 6.32. The predicted molar refractivity (Wildman–Crippen MR) is 53.2 cm³/mol. The number of methoxy groups -OCH3 is 1. The maximum atomic E-state index is 11.3. The van der Waals surface area contributed by atoms with Crippen molar-refractivity contribution in [3.8, 4) is 0 Å². The van der Waals surface area contributed by atoms with Crippen molar-refractivity contribution in [2.75, 3.05) is 7.11 Å². The van der Waals surface area contributed by atoms with Gasteiger partial charge in [-0.15, -0.1) is 0 Å². The lowest BCUT2D eigenvalue weighted by atomic mass is 9.91. The lowest BCUT2D eigenvalue weighted by Crippen LogP contribution is -2.43. The molecule has 0 aromatic carbocycles. The molecule has 2 radical (unpaired) electrons. The Bertz CT molecular complexity index is 352. The number of nitrogens with two attached hydrogens (primary N) is 1. The van der Waals surface area contributed by atoms with E-state index in [-0.39, 0.29) is 0 Å². The Hall–Kier alpha value is -1.36. The zero-order valence-electron chi connectivity index (χ0n) is 8.15. The van der Waals surface area contributed by atoms with Gasteiger partial charge in [-0.05, 0) is 13.0 Å². The number of carbonyl (C=O) groups is 1. The number of hydrogen-bond donors (Lipinski definition) is 1. The Morgan fingerprint density at radius 1 is 1.71 bits per heavy atom. The third kappa shape index (κ3) is 1.93. The van der Waals surface area contributed by atoms with Crippen LogP contribution in [-0.2, 0) is 15.1 Å². The van der Waals surface area contributed by atoms with Gasteiger partial charge in [0.2, 0.25) is 0 Å². The summed E-state index contributed by atoms with van der Waals surface area (Å²) < 4.78 is 4.56. The van der Waals surface area contributed by atoms with Crippen LogP contribution in [0.25, 0.3) is 0 Å². The molecule has 1 aromatic rings. The van der Waals surface area contributed by atoms with Gasteiger partial charge in [0, 0.05) is 6.20 Å². The third-order valence-corrected chi connectivity index (χ3v) is 1.93. The zero-order valence-corrected chi connectivity index (χ0v) is 8.15. The topological polar surface area (TPSA) is 65.2 Å². The van der Waals surface area contributed by atoms with Crippen LogP contribution in [0, 0.1) is 0 Å². The Morgan fingerprint density at radius 2 is 2.36 bits per heavy atom. The van der Waals surface area contributed by atoms with E-state index in [0.29, 0.717) is 11.2 Å². The lowest BCUT2D eigenvalue weighted by Gasteiger charge is -2.20. The highest BCUT2D eigenvalue weighted by Crippen LogP contribution is 2.15. The molecular weight excluding hydrogens is 179 g/mol. The highest BCUT2D eigenvalue weighted by atomic mass is 16.5. The zero-order chi connectivity index (χ0) is 10.8. The van der Waals surface area contributed by atoms with Gasteiger partial charge in [-0.1, -0.05) is 11.5 Å². The molecule has 0 fully saturated rings. The van der Waals surface area contributed by atoms with Gasteiger partial charge in [0.25, 0.3) is 0 Å². The van der Waals surface area contributed by atoms with Gasteiger partial charge in [-0.2, -0.15) is 0 Å². The fourth-order valence-electron chi connectivity index (χ4n) is 1.05. The van der Waals surface area contributed by atoms with Gasteiger partial charge in [-0.25, -0.2) is 4.79 Å². The molecule has 1 aromatic heterocycles. The molecular formula is C9H11BN2O2. The van der Waals surface area contributed by atoms with E-state index in [0.717, 1.165) is 0 Å². The SMILES string of the molecule is [B]c1ccnc(C(C)(N)C(=O)OC)c1. The van der Waals surface area contributed by atoms with Crippen molar-refractivity contribution in [3.63, 3.8) is 0 Å². The summed E-state index contributed by atoms with van der Waals surface area (Å²) in [4.78, 5) is 15.3. The van der Waals surface area contributed by atoms with Gasteiger partial charge in [0.05, 0.1) is 12.8 Å².